The van der Waals surface area contributed by atoms with E-state index < -0.39 is 0 Å². The lowest BCUT2D eigenvalue weighted by atomic mass is 9.72. The second kappa shape index (κ2) is 8.11. The first-order valence-electron chi connectivity index (χ1n) is 9.04. The number of rotatable bonds is 3. The van der Waals surface area contributed by atoms with Crippen LogP contribution >= 0.6 is 24.0 Å². The summed E-state index contributed by atoms with van der Waals surface area (Å²) < 4.78 is 0. The second-order valence-corrected chi connectivity index (χ2v) is 7.71. The zero-order chi connectivity index (χ0) is 17.4. The van der Waals surface area contributed by atoms with Gasteiger partial charge in [0.2, 0.25) is 5.91 Å². The van der Waals surface area contributed by atoms with Crippen molar-refractivity contribution in [1.29, 1.82) is 0 Å². The van der Waals surface area contributed by atoms with Crippen molar-refractivity contribution >= 4 is 35.8 Å². The van der Waals surface area contributed by atoms with Crippen LogP contribution in [0.3, 0.4) is 0 Å². The monoisotopic (exact) mass is 398 g/mol. The van der Waals surface area contributed by atoms with Crippen LogP contribution in [-0.2, 0) is 4.79 Å². The van der Waals surface area contributed by atoms with E-state index in [9.17, 15) is 9.59 Å². The number of pyridine rings is 1. The van der Waals surface area contributed by atoms with E-state index in [0.717, 1.165) is 32.4 Å². The molecule has 0 unspecified atom stereocenters. The second-order valence-electron chi connectivity index (χ2n) is 7.31. The number of nitrogens with one attached hydrogen (secondary N) is 2. The molecule has 0 aliphatic carbocycles. The molecule has 8 heteroatoms. The van der Waals surface area contributed by atoms with Crippen molar-refractivity contribution in [3.63, 3.8) is 0 Å². The Morgan fingerprint density at radius 3 is 3.00 bits per heavy atom. The van der Waals surface area contributed by atoms with E-state index in [1.807, 2.05) is 0 Å². The van der Waals surface area contributed by atoms with Crippen molar-refractivity contribution in [3.8, 4) is 0 Å². The van der Waals surface area contributed by atoms with Gasteiger partial charge in [-0.3, -0.25) is 14.6 Å². The highest BCUT2D eigenvalue weighted by Crippen LogP contribution is 2.39. The molecule has 0 spiro atoms. The van der Waals surface area contributed by atoms with E-state index in [4.69, 9.17) is 11.6 Å². The van der Waals surface area contributed by atoms with Crippen molar-refractivity contribution < 1.29 is 9.59 Å². The van der Waals surface area contributed by atoms with Gasteiger partial charge in [-0.2, -0.15) is 0 Å². The molecular weight excluding hydrogens is 375 g/mol. The summed E-state index contributed by atoms with van der Waals surface area (Å²) in [7, 11) is 0. The lowest BCUT2D eigenvalue weighted by Gasteiger charge is -2.54. The van der Waals surface area contributed by atoms with Gasteiger partial charge in [0.15, 0.2) is 0 Å². The Bertz CT molecular complexity index is 687. The van der Waals surface area contributed by atoms with Gasteiger partial charge in [-0.05, 0) is 43.7 Å². The summed E-state index contributed by atoms with van der Waals surface area (Å²) >= 11 is 6.06. The number of halogens is 2. The Kier molecular flexibility index (Phi) is 6.05. The summed E-state index contributed by atoms with van der Waals surface area (Å²) in [4.78, 5) is 31.1. The molecule has 0 saturated carbocycles. The standard InChI is InChI=1S/C18H23ClN4O2.ClH/c19-14-9-20-5-4-13(14)18(25)22-10-16-12-6-11(7-21-8-12)15-2-1-3-17(24)23(15)16;/h4-5,9,11-12,15-16,21H,1-3,6-8,10H2,(H,22,25);1H/t11-,12+,15+,16+;/m1./s1. The van der Waals surface area contributed by atoms with Gasteiger partial charge in [-0.25, -0.2) is 0 Å². The first-order valence-corrected chi connectivity index (χ1v) is 9.42. The predicted molar refractivity (Wildman–Crippen MR) is 102 cm³/mol. The van der Waals surface area contributed by atoms with E-state index in [-0.39, 0.29) is 30.3 Å². The lowest BCUT2D eigenvalue weighted by molar-refractivity contribution is -0.148. The minimum absolute atomic E-state index is 0. The first-order chi connectivity index (χ1) is 12.1. The number of nitrogens with zero attached hydrogens (tertiary/aromatic N) is 2. The summed E-state index contributed by atoms with van der Waals surface area (Å²) in [6, 6.07) is 1.99. The fourth-order valence-electron chi connectivity index (χ4n) is 4.75. The molecule has 0 radical (unpaired) electrons. The average molecular weight is 399 g/mol. The van der Waals surface area contributed by atoms with Crippen LogP contribution in [0.2, 0.25) is 5.02 Å². The van der Waals surface area contributed by atoms with Crippen LogP contribution < -0.4 is 10.6 Å². The van der Waals surface area contributed by atoms with Gasteiger partial charge in [0.05, 0.1) is 16.6 Å². The number of aromatic nitrogens is 1. The van der Waals surface area contributed by atoms with Crippen molar-refractivity contribution in [2.45, 2.75) is 37.8 Å². The third kappa shape index (κ3) is 3.55. The summed E-state index contributed by atoms with van der Waals surface area (Å²) in [6.45, 7) is 2.37. The normalized spacial score (nSPS) is 30.2. The number of amides is 2. The maximum absolute atomic E-state index is 12.6. The highest BCUT2D eigenvalue weighted by molar-refractivity contribution is 6.33. The van der Waals surface area contributed by atoms with E-state index in [1.54, 1.807) is 12.3 Å². The molecule has 3 aliphatic heterocycles. The molecule has 2 N–H and O–H groups in total. The average Bonchev–Trinajstić information content (AvgIpc) is 2.62. The Labute approximate surface area is 164 Å². The number of fused-ring (bicyclic) bond motifs is 4. The maximum atomic E-state index is 12.6. The third-order valence-electron chi connectivity index (χ3n) is 5.89. The van der Waals surface area contributed by atoms with Crippen LogP contribution in [0.4, 0.5) is 0 Å². The molecule has 4 atom stereocenters. The largest absolute Gasteiger partial charge is 0.350 e. The minimum Gasteiger partial charge on any atom is -0.350 e. The molecule has 3 saturated heterocycles. The van der Waals surface area contributed by atoms with Crippen molar-refractivity contribution in [2.75, 3.05) is 19.6 Å². The number of piperidine rings is 3. The Hall–Kier alpha value is -1.37. The van der Waals surface area contributed by atoms with Gasteiger partial charge in [0, 0.05) is 37.9 Å². The molecule has 1 aromatic heterocycles. The minimum atomic E-state index is -0.209. The van der Waals surface area contributed by atoms with Gasteiger partial charge in [0.1, 0.15) is 0 Å². The summed E-state index contributed by atoms with van der Waals surface area (Å²) in [5.41, 5.74) is 0.425. The van der Waals surface area contributed by atoms with Crippen molar-refractivity contribution in [1.82, 2.24) is 20.5 Å². The molecule has 2 amide bonds. The number of hydrogen-bond acceptors (Lipinski definition) is 4. The lowest BCUT2D eigenvalue weighted by Crippen LogP contribution is -2.66. The molecule has 0 aromatic carbocycles. The van der Waals surface area contributed by atoms with Gasteiger partial charge in [-0.1, -0.05) is 11.6 Å². The molecule has 142 valence electrons. The van der Waals surface area contributed by atoms with Crippen LogP contribution in [0.1, 0.15) is 36.0 Å². The van der Waals surface area contributed by atoms with E-state index in [1.165, 1.54) is 6.20 Å². The summed E-state index contributed by atoms with van der Waals surface area (Å²) in [5.74, 6) is 0.975. The van der Waals surface area contributed by atoms with Gasteiger partial charge in [0.25, 0.3) is 5.91 Å². The maximum Gasteiger partial charge on any atom is 0.252 e. The quantitative estimate of drug-likeness (QED) is 0.814. The van der Waals surface area contributed by atoms with Gasteiger partial charge in [-0.15, -0.1) is 12.4 Å². The van der Waals surface area contributed by atoms with Gasteiger partial charge >= 0.3 is 0 Å². The molecule has 6 nitrogen and oxygen atoms in total. The van der Waals surface area contributed by atoms with Crippen LogP contribution in [0.25, 0.3) is 0 Å². The SMILES string of the molecule is Cl.O=C(NC[C@H]1[C@@H]2CNC[C@@H](C2)[C@@H]2CCCC(=O)N21)c1ccncc1Cl. The Morgan fingerprint density at radius 1 is 1.38 bits per heavy atom. The number of carbonyl (C=O) groups excluding carboxylic acids is 2. The molecule has 4 rings (SSSR count). The molecule has 2 bridgehead atoms. The fourth-order valence-corrected chi connectivity index (χ4v) is 4.95. The van der Waals surface area contributed by atoms with E-state index in [0.29, 0.717) is 41.4 Å². The topological polar surface area (TPSA) is 74.3 Å². The highest BCUT2D eigenvalue weighted by Gasteiger charge is 2.47. The Balaban J connectivity index is 0.00000196. The molecule has 1 aromatic rings. The number of hydrogen-bond donors (Lipinski definition) is 2. The molecule has 26 heavy (non-hydrogen) atoms. The smallest absolute Gasteiger partial charge is 0.252 e. The molecule has 4 heterocycles. The highest BCUT2D eigenvalue weighted by atomic mass is 35.5. The van der Waals surface area contributed by atoms with Crippen LogP contribution in [-0.4, -0.2) is 53.4 Å². The van der Waals surface area contributed by atoms with E-state index in [2.05, 4.69) is 20.5 Å². The predicted octanol–water partition coefficient (Wildman–Crippen LogP) is 1.88. The summed E-state index contributed by atoms with van der Waals surface area (Å²) in [5, 5.41) is 6.85. The zero-order valence-corrected chi connectivity index (χ0v) is 16.1. The summed E-state index contributed by atoms with van der Waals surface area (Å²) in [6.07, 6.45) is 6.85. The Morgan fingerprint density at radius 2 is 2.19 bits per heavy atom. The molecule has 3 fully saturated rings. The van der Waals surface area contributed by atoms with Crippen LogP contribution in [0.15, 0.2) is 18.5 Å². The number of carbonyl (C=O) groups is 2. The molecular formula is C18H24Cl2N4O2. The van der Waals surface area contributed by atoms with Crippen molar-refractivity contribution in [3.05, 3.63) is 29.0 Å². The molecule has 3 aliphatic rings. The zero-order valence-electron chi connectivity index (χ0n) is 14.5. The van der Waals surface area contributed by atoms with E-state index >= 15 is 0 Å². The first kappa shape index (κ1) is 19.4. The fraction of sp³-hybridized carbons (Fsp3) is 0.611. The third-order valence-corrected chi connectivity index (χ3v) is 6.19. The van der Waals surface area contributed by atoms with Crippen LogP contribution in [0.5, 0.6) is 0 Å². The van der Waals surface area contributed by atoms with Crippen LogP contribution in [0, 0.1) is 11.8 Å². The van der Waals surface area contributed by atoms with Gasteiger partial charge < -0.3 is 15.5 Å². The van der Waals surface area contributed by atoms with Crippen molar-refractivity contribution in [2.24, 2.45) is 11.8 Å².